The van der Waals surface area contributed by atoms with Gasteiger partial charge in [-0.05, 0) is 6.54 Å². The molecule has 1 aliphatic rings. The lowest BCUT2D eigenvalue weighted by Crippen LogP contribution is -2.41. The van der Waals surface area contributed by atoms with Gasteiger partial charge in [-0.25, -0.2) is 8.42 Å². The molecule has 0 bridgehead atoms. The van der Waals surface area contributed by atoms with Crippen LogP contribution in [0.4, 0.5) is 0 Å². The molecule has 1 fully saturated rings. The number of sulfonamides is 1. The summed E-state index contributed by atoms with van der Waals surface area (Å²) in [4.78, 5) is 0.210. The maximum absolute atomic E-state index is 12.4. The number of hydrogen-bond acceptors (Lipinski definition) is 5. The van der Waals surface area contributed by atoms with E-state index in [1.807, 2.05) is 6.92 Å². The molecular formula is C11H20N4O3S2. The van der Waals surface area contributed by atoms with Gasteiger partial charge in [0, 0.05) is 48.1 Å². The Morgan fingerprint density at radius 2 is 2.10 bits per heavy atom. The van der Waals surface area contributed by atoms with Crippen molar-refractivity contribution in [3.05, 3.63) is 12.4 Å². The van der Waals surface area contributed by atoms with Crippen molar-refractivity contribution in [3.8, 4) is 0 Å². The van der Waals surface area contributed by atoms with Crippen molar-refractivity contribution in [1.82, 2.24) is 19.4 Å². The highest BCUT2D eigenvalue weighted by Crippen LogP contribution is 2.16. The quantitative estimate of drug-likeness (QED) is 0.697. The fourth-order valence-corrected chi connectivity index (χ4v) is 4.66. The molecule has 0 radical (unpaired) electrons. The Labute approximate surface area is 121 Å². The summed E-state index contributed by atoms with van der Waals surface area (Å²) in [5.74, 6) is 0.821. The average molecular weight is 320 g/mol. The summed E-state index contributed by atoms with van der Waals surface area (Å²) in [7, 11) is -4.39. The highest BCUT2D eigenvalue weighted by molar-refractivity contribution is 7.89. The van der Waals surface area contributed by atoms with Gasteiger partial charge in [0.2, 0.25) is 10.0 Å². The summed E-state index contributed by atoms with van der Waals surface area (Å²) < 4.78 is 39.1. The highest BCUT2D eigenvalue weighted by Gasteiger charge is 2.29. The molecule has 7 nitrogen and oxygen atoms in total. The fourth-order valence-electron chi connectivity index (χ4n) is 1.98. The number of likely N-dealkylation sites (N-methyl/N-ethyl adjacent to an activating group) is 1. The van der Waals surface area contributed by atoms with Crippen molar-refractivity contribution in [2.45, 2.75) is 18.4 Å². The van der Waals surface area contributed by atoms with Crippen LogP contribution < -0.4 is 5.32 Å². The first-order valence-electron chi connectivity index (χ1n) is 6.62. The molecule has 0 unspecified atom stereocenters. The maximum Gasteiger partial charge on any atom is 0.246 e. The van der Waals surface area contributed by atoms with Gasteiger partial charge >= 0.3 is 0 Å². The van der Waals surface area contributed by atoms with E-state index in [1.165, 1.54) is 10.5 Å². The lowest BCUT2D eigenvalue weighted by molar-refractivity contribution is 0.438. The number of nitrogens with one attached hydrogen (secondary N) is 1. The van der Waals surface area contributed by atoms with Crippen LogP contribution in [0.3, 0.4) is 0 Å². The van der Waals surface area contributed by atoms with Gasteiger partial charge in [-0.2, -0.15) is 9.40 Å². The van der Waals surface area contributed by atoms with Gasteiger partial charge in [0.1, 0.15) is 4.90 Å². The second-order valence-corrected chi connectivity index (χ2v) is 8.18. The Kier molecular flexibility index (Phi) is 5.30. The third kappa shape index (κ3) is 3.66. The second kappa shape index (κ2) is 6.79. The van der Waals surface area contributed by atoms with E-state index in [9.17, 15) is 12.6 Å². The van der Waals surface area contributed by atoms with Crippen molar-refractivity contribution in [1.29, 1.82) is 0 Å². The monoisotopic (exact) mass is 320 g/mol. The molecule has 0 aliphatic carbocycles. The van der Waals surface area contributed by atoms with E-state index in [0.717, 1.165) is 13.1 Å². The SMILES string of the molecule is CCNCCn1cc(S(=O)(=O)N2CCS(=O)CC2)cn1. The van der Waals surface area contributed by atoms with Gasteiger partial charge in [-0.3, -0.25) is 8.89 Å². The molecule has 1 aromatic heterocycles. The normalized spacial score (nSPS) is 18.4. The number of hydrogen-bond donors (Lipinski definition) is 1. The summed E-state index contributed by atoms with van der Waals surface area (Å²) in [6.07, 6.45) is 2.94. The van der Waals surface area contributed by atoms with Crippen LogP contribution in [0.25, 0.3) is 0 Å². The summed E-state index contributed by atoms with van der Waals surface area (Å²) >= 11 is 0. The Morgan fingerprint density at radius 1 is 1.40 bits per heavy atom. The highest BCUT2D eigenvalue weighted by atomic mass is 32.2. The van der Waals surface area contributed by atoms with Crippen LogP contribution in [0.5, 0.6) is 0 Å². The number of aromatic nitrogens is 2. The first-order valence-corrected chi connectivity index (χ1v) is 9.55. The Bertz CT molecular complexity index is 560. The molecule has 2 heterocycles. The Balaban J connectivity index is 2.04. The van der Waals surface area contributed by atoms with Gasteiger partial charge in [-0.1, -0.05) is 6.92 Å². The molecule has 0 amide bonds. The molecule has 0 spiro atoms. The lowest BCUT2D eigenvalue weighted by atomic mass is 10.6. The topological polar surface area (TPSA) is 84.3 Å². The minimum atomic E-state index is -3.50. The molecular weight excluding hydrogens is 300 g/mol. The smallest absolute Gasteiger partial charge is 0.246 e. The molecule has 0 atom stereocenters. The summed E-state index contributed by atoms with van der Waals surface area (Å²) in [5.41, 5.74) is 0. The van der Waals surface area contributed by atoms with Crippen molar-refractivity contribution >= 4 is 20.8 Å². The van der Waals surface area contributed by atoms with Crippen LogP contribution in [-0.4, -0.2) is 64.4 Å². The molecule has 9 heteroatoms. The van der Waals surface area contributed by atoms with Gasteiger partial charge in [0.25, 0.3) is 0 Å². The largest absolute Gasteiger partial charge is 0.315 e. The minimum Gasteiger partial charge on any atom is -0.315 e. The van der Waals surface area contributed by atoms with E-state index in [4.69, 9.17) is 0 Å². The van der Waals surface area contributed by atoms with E-state index >= 15 is 0 Å². The molecule has 114 valence electrons. The third-order valence-corrected chi connectivity index (χ3v) is 6.28. The Morgan fingerprint density at radius 3 is 2.75 bits per heavy atom. The van der Waals surface area contributed by atoms with Crippen LogP contribution >= 0.6 is 0 Å². The minimum absolute atomic E-state index is 0.210. The van der Waals surface area contributed by atoms with Crippen molar-refractivity contribution in [3.63, 3.8) is 0 Å². The van der Waals surface area contributed by atoms with Gasteiger partial charge in [0.05, 0.1) is 12.7 Å². The molecule has 1 aliphatic heterocycles. The summed E-state index contributed by atoms with van der Waals surface area (Å²) in [6, 6.07) is 0. The van der Waals surface area contributed by atoms with E-state index in [0.29, 0.717) is 31.1 Å². The zero-order valence-corrected chi connectivity index (χ0v) is 13.1. The fraction of sp³-hybridized carbons (Fsp3) is 0.727. The summed E-state index contributed by atoms with van der Waals surface area (Å²) in [5, 5.41) is 7.23. The van der Waals surface area contributed by atoms with Crippen LogP contribution in [0.15, 0.2) is 17.3 Å². The molecule has 0 aromatic carbocycles. The van der Waals surface area contributed by atoms with Crippen molar-refractivity contribution in [2.75, 3.05) is 37.7 Å². The average Bonchev–Trinajstić information content (AvgIpc) is 2.89. The van der Waals surface area contributed by atoms with E-state index < -0.39 is 20.8 Å². The standard InChI is InChI=1S/C11H20N4O3S2/c1-2-12-3-4-14-10-11(9-13-14)20(17,18)15-5-7-19(16)8-6-15/h9-10,12H,2-8H2,1H3. The molecule has 1 N–H and O–H groups in total. The van der Waals surface area contributed by atoms with Gasteiger partial charge < -0.3 is 5.32 Å². The predicted molar refractivity (Wildman–Crippen MR) is 77.4 cm³/mol. The lowest BCUT2D eigenvalue weighted by Gasteiger charge is -2.24. The van der Waals surface area contributed by atoms with Crippen molar-refractivity contribution in [2.24, 2.45) is 0 Å². The van der Waals surface area contributed by atoms with Gasteiger partial charge in [0.15, 0.2) is 0 Å². The van der Waals surface area contributed by atoms with E-state index in [1.54, 1.807) is 10.9 Å². The molecule has 0 saturated carbocycles. The Hall–Kier alpha value is -0.770. The number of rotatable bonds is 6. The van der Waals surface area contributed by atoms with Crippen LogP contribution in [0.1, 0.15) is 6.92 Å². The van der Waals surface area contributed by atoms with E-state index in [-0.39, 0.29) is 4.90 Å². The molecule has 1 saturated heterocycles. The number of nitrogens with zero attached hydrogens (tertiary/aromatic N) is 3. The van der Waals surface area contributed by atoms with Crippen molar-refractivity contribution < 1.29 is 12.6 Å². The zero-order chi connectivity index (χ0) is 14.6. The predicted octanol–water partition coefficient (Wildman–Crippen LogP) is -0.754. The summed E-state index contributed by atoms with van der Waals surface area (Å²) in [6.45, 7) is 4.90. The maximum atomic E-state index is 12.4. The first-order chi connectivity index (χ1) is 9.54. The zero-order valence-electron chi connectivity index (χ0n) is 11.5. The molecule has 2 rings (SSSR count). The van der Waals surface area contributed by atoms with Crippen LogP contribution in [-0.2, 0) is 27.4 Å². The van der Waals surface area contributed by atoms with E-state index in [2.05, 4.69) is 10.4 Å². The van der Waals surface area contributed by atoms with Crippen LogP contribution in [0.2, 0.25) is 0 Å². The third-order valence-electron chi connectivity index (χ3n) is 3.15. The second-order valence-electron chi connectivity index (χ2n) is 4.54. The molecule has 1 aromatic rings. The molecule has 20 heavy (non-hydrogen) atoms. The van der Waals surface area contributed by atoms with Crippen LogP contribution in [0, 0.1) is 0 Å². The van der Waals surface area contributed by atoms with Gasteiger partial charge in [-0.15, -0.1) is 0 Å². The first kappa shape index (κ1) is 15.6.